The third-order valence-electron chi connectivity index (χ3n) is 2.37. The normalized spacial score (nSPS) is 11.4. The van der Waals surface area contributed by atoms with Gasteiger partial charge < -0.3 is 5.73 Å². The molecule has 2 aromatic rings. The first kappa shape index (κ1) is 10.1. The largest absolute Gasteiger partial charge is 0.330 e. The SMILES string of the molecule is Cc1nc2sc(Br)c(CCN)n2c1C. The molecule has 0 spiro atoms. The van der Waals surface area contributed by atoms with Crippen molar-refractivity contribution in [3.8, 4) is 0 Å². The lowest BCUT2D eigenvalue weighted by atomic mass is 10.3. The maximum Gasteiger partial charge on any atom is 0.195 e. The van der Waals surface area contributed by atoms with E-state index in [9.17, 15) is 0 Å². The highest BCUT2D eigenvalue weighted by atomic mass is 79.9. The number of aryl methyl sites for hydroxylation is 2. The average molecular weight is 274 g/mol. The first-order chi connectivity index (χ1) is 6.65. The molecule has 2 heterocycles. The molecule has 3 nitrogen and oxygen atoms in total. The first-order valence-corrected chi connectivity index (χ1v) is 6.09. The van der Waals surface area contributed by atoms with Gasteiger partial charge >= 0.3 is 0 Å². The van der Waals surface area contributed by atoms with Crippen LogP contribution >= 0.6 is 27.3 Å². The minimum atomic E-state index is 0.668. The summed E-state index contributed by atoms with van der Waals surface area (Å²) in [5.41, 5.74) is 9.14. The summed E-state index contributed by atoms with van der Waals surface area (Å²) in [5, 5.41) is 0. The van der Waals surface area contributed by atoms with Crippen LogP contribution in [0.4, 0.5) is 0 Å². The highest BCUT2D eigenvalue weighted by molar-refractivity contribution is 9.11. The molecule has 0 saturated carbocycles. The van der Waals surface area contributed by atoms with Gasteiger partial charge in [0.1, 0.15) is 0 Å². The molecule has 5 heteroatoms. The lowest BCUT2D eigenvalue weighted by molar-refractivity contribution is 0.888. The number of fused-ring (bicyclic) bond motifs is 1. The smallest absolute Gasteiger partial charge is 0.195 e. The summed E-state index contributed by atoms with van der Waals surface area (Å²) in [7, 11) is 0. The van der Waals surface area contributed by atoms with E-state index in [1.165, 1.54) is 11.4 Å². The third-order valence-corrected chi connectivity index (χ3v) is 4.19. The van der Waals surface area contributed by atoms with E-state index in [1.54, 1.807) is 11.3 Å². The van der Waals surface area contributed by atoms with E-state index in [-0.39, 0.29) is 0 Å². The number of aromatic nitrogens is 2. The Labute approximate surface area is 95.1 Å². The number of rotatable bonds is 2. The number of nitrogens with zero attached hydrogens (tertiary/aromatic N) is 2. The summed E-state index contributed by atoms with van der Waals surface area (Å²) in [6, 6.07) is 0. The molecule has 0 aliphatic heterocycles. The summed E-state index contributed by atoms with van der Waals surface area (Å²) in [6.45, 7) is 4.80. The molecule has 0 aliphatic carbocycles. The Morgan fingerprint density at radius 1 is 1.50 bits per heavy atom. The first-order valence-electron chi connectivity index (χ1n) is 4.48. The number of hydrogen-bond acceptors (Lipinski definition) is 3. The zero-order valence-corrected chi connectivity index (χ0v) is 10.6. The Kier molecular flexibility index (Phi) is 2.64. The maximum absolute atomic E-state index is 5.59. The van der Waals surface area contributed by atoms with Crippen LogP contribution in [-0.2, 0) is 6.42 Å². The van der Waals surface area contributed by atoms with Crippen LogP contribution in [-0.4, -0.2) is 15.9 Å². The second kappa shape index (κ2) is 3.64. The fraction of sp³-hybridized carbons (Fsp3) is 0.444. The second-order valence-electron chi connectivity index (χ2n) is 3.26. The highest BCUT2D eigenvalue weighted by Crippen LogP contribution is 2.30. The predicted octanol–water partition coefficient (Wildman–Crippen LogP) is 2.28. The molecular weight excluding hydrogens is 262 g/mol. The maximum atomic E-state index is 5.59. The second-order valence-corrected chi connectivity index (χ2v) is 5.56. The van der Waals surface area contributed by atoms with Crippen molar-refractivity contribution >= 4 is 32.2 Å². The molecule has 0 fully saturated rings. The van der Waals surface area contributed by atoms with Gasteiger partial charge in [0.05, 0.1) is 15.2 Å². The Balaban J connectivity index is 2.71. The summed E-state index contributed by atoms with van der Waals surface area (Å²) in [6.07, 6.45) is 0.886. The molecule has 0 unspecified atom stereocenters. The third kappa shape index (κ3) is 1.39. The van der Waals surface area contributed by atoms with Crippen molar-refractivity contribution in [1.29, 1.82) is 0 Å². The van der Waals surface area contributed by atoms with E-state index < -0.39 is 0 Å². The number of imidazole rings is 1. The molecule has 0 aliphatic rings. The van der Waals surface area contributed by atoms with Gasteiger partial charge in [-0.25, -0.2) is 4.98 Å². The standard InChI is InChI=1S/C9H12BrN3S/c1-5-6(2)13-7(3-4-11)8(10)14-9(13)12-5/h3-4,11H2,1-2H3. The Morgan fingerprint density at radius 3 is 2.86 bits per heavy atom. The molecule has 0 radical (unpaired) electrons. The van der Waals surface area contributed by atoms with Crippen LogP contribution in [0.2, 0.25) is 0 Å². The Bertz CT molecular complexity index is 472. The lowest BCUT2D eigenvalue weighted by Gasteiger charge is -2.00. The molecule has 14 heavy (non-hydrogen) atoms. The number of halogens is 1. The topological polar surface area (TPSA) is 43.3 Å². The highest BCUT2D eigenvalue weighted by Gasteiger charge is 2.14. The summed E-state index contributed by atoms with van der Waals surface area (Å²) >= 11 is 5.22. The van der Waals surface area contributed by atoms with Crippen LogP contribution in [0.5, 0.6) is 0 Å². The van der Waals surface area contributed by atoms with Crippen LogP contribution in [0.1, 0.15) is 17.1 Å². The van der Waals surface area contributed by atoms with Crippen LogP contribution in [0, 0.1) is 13.8 Å². The van der Waals surface area contributed by atoms with Gasteiger partial charge in [0, 0.05) is 12.1 Å². The van der Waals surface area contributed by atoms with Crippen molar-refractivity contribution < 1.29 is 0 Å². The molecular formula is C9H12BrN3S. The predicted molar refractivity (Wildman–Crippen MR) is 63.0 cm³/mol. The van der Waals surface area contributed by atoms with Gasteiger partial charge in [-0.15, -0.1) is 0 Å². The molecule has 76 valence electrons. The van der Waals surface area contributed by atoms with Crippen molar-refractivity contribution in [3.05, 3.63) is 20.9 Å². The van der Waals surface area contributed by atoms with Gasteiger partial charge in [0.15, 0.2) is 4.96 Å². The number of thiazole rings is 1. The molecule has 2 aromatic heterocycles. The van der Waals surface area contributed by atoms with Crippen molar-refractivity contribution in [2.75, 3.05) is 6.54 Å². The summed E-state index contributed by atoms with van der Waals surface area (Å²) < 4.78 is 3.34. The molecule has 2 rings (SSSR count). The van der Waals surface area contributed by atoms with E-state index in [2.05, 4.69) is 32.2 Å². The fourth-order valence-corrected chi connectivity index (χ4v) is 3.34. The van der Waals surface area contributed by atoms with Crippen molar-refractivity contribution in [1.82, 2.24) is 9.38 Å². The van der Waals surface area contributed by atoms with Gasteiger partial charge in [-0.05, 0) is 36.3 Å². The van der Waals surface area contributed by atoms with Crippen molar-refractivity contribution in [2.24, 2.45) is 5.73 Å². The van der Waals surface area contributed by atoms with Gasteiger partial charge in [0.2, 0.25) is 0 Å². The van der Waals surface area contributed by atoms with Gasteiger partial charge in [-0.2, -0.15) is 0 Å². The number of nitrogens with two attached hydrogens (primary N) is 1. The van der Waals surface area contributed by atoms with Gasteiger partial charge in [-0.3, -0.25) is 4.40 Å². The zero-order chi connectivity index (χ0) is 10.3. The van der Waals surface area contributed by atoms with E-state index in [0.29, 0.717) is 6.54 Å². The minimum Gasteiger partial charge on any atom is -0.330 e. The zero-order valence-electron chi connectivity index (χ0n) is 8.17. The van der Waals surface area contributed by atoms with E-state index in [0.717, 1.165) is 20.9 Å². The van der Waals surface area contributed by atoms with E-state index >= 15 is 0 Å². The molecule has 0 aromatic carbocycles. The minimum absolute atomic E-state index is 0.668. The van der Waals surface area contributed by atoms with Crippen molar-refractivity contribution in [2.45, 2.75) is 20.3 Å². The van der Waals surface area contributed by atoms with Gasteiger partial charge in [-0.1, -0.05) is 11.3 Å². The monoisotopic (exact) mass is 273 g/mol. The van der Waals surface area contributed by atoms with E-state index in [1.807, 2.05) is 6.92 Å². The molecule has 2 N–H and O–H groups in total. The fourth-order valence-electron chi connectivity index (χ4n) is 1.54. The van der Waals surface area contributed by atoms with Crippen LogP contribution in [0.3, 0.4) is 0 Å². The molecule has 0 atom stereocenters. The number of hydrogen-bond donors (Lipinski definition) is 1. The molecule has 0 amide bonds. The van der Waals surface area contributed by atoms with Crippen LogP contribution in [0.25, 0.3) is 4.96 Å². The lowest BCUT2D eigenvalue weighted by Crippen LogP contribution is -2.06. The van der Waals surface area contributed by atoms with Crippen LogP contribution in [0.15, 0.2) is 3.79 Å². The quantitative estimate of drug-likeness (QED) is 0.913. The van der Waals surface area contributed by atoms with Gasteiger partial charge in [0.25, 0.3) is 0 Å². The summed E-state index contributed by atoms with van der Waals surface area (Å²) in [4.78, 5) is 5.54. The molecule has 0 saturated heterocycles. The Morgan fingerprint density at radius 2 is 2.21 bits per heavy atom. The molecule has 0 bridgehead atoms. The average Bonchev–Trinajstić information content (AvgIpc) is 2.55. The van der Waals surface area contributed by atoms with Crippen LogP contribution < -0.4 is 5.73 Å². The van der Waals surface area contributed by atoms with Crippen molar-refractivity contribution in [3.63, 3.8) is 0 Å². The van der Waals surface area contributed by atoms with E-state index in [4.69, 9.17) is 5.73 Å². The summed E-state index contributed by atoms with van der Waals surface area (Å²) in [5.74, 6) is 0. The Hall–Kier alpha value is -0.390.